The Hall–Kier alpha value is -12.6. The van der Waals surface area contributed by atoms with Crippen molar-refractivity contribution < 1.29 is 4.42 Å². The maximum Gasteiger partial charge on any atom is 0.237 e. The maximum absolute atomic E-state index is 6.85. The summed E-state index contributed by atoms with van der Waals surface area (Å²) in [5.41, 5.74) is 21.9. The van der Waals surface area contributed by atoms with Crippen molar-refractivity contribution in [3.63, 3.8) is 0 Å². The minimum atomic E-state index is 0.574. The third-order valence-electron chi connectivity index (χ3n) is 20.4. The molecule has 442 valence electrons. The van der Waals surface area contributed by atoms with Crippen LogP contribution in [0.25, 0.3) is 193 Å². The van der Waals surface area contributed by atoms with Gasteiger partial charge in [0.05, 0.1) is 49.8 Å². The van der Waals surface area contributed by atoms with E-state index in [2.05, 4.69) is 322 Å². The Kier molecular flexibility index (Phi) is 10.9. The van der Waals surface area contributed by atoms with E-state index in [1.54, 1.807) is 0 Å². The molecule has 0 aliphatic heterocycles. The highest BCUT2D eigenvalue weighted by Crippen LogP contribution is 2.45. The van der Waals surface area contributed by atoms with E-state index >= 15 is 0 Å². The summed E-state index contributed by atoms with van der Waals surface area (Å²) < 4.78 is 16.2. The van der Waals surface area contributed by atoms with E-state index in [9.17, 15) is 0 Å². The van der Waals surface area contributed by atoms with Crippen molar-refractivity contribution in [3.05, 3.63) is 308 Å². The molecule has 0 bridgehead atoms. The van der Waals surface area contributed by atoms with Crippen LogP contribution in [0.5, 0.6) is 0 Å². The second kappa shape index (κ2) is 20.0. The summed E-state index contributed by atoms with van der Waals surface area (Å²) in [7, 11) is 0. The smallest absolute Gasteiger partial charge is 0.237 e. The Balaban J connectivity index is 0.767. The highest BCUT2D eigenvalue weighted by molar-refractivity contribution is 6.21. The van der Waals surface area contributed by atoms with E-state index in [0.717, 1.165) is 129 Å². The first-order valence-corrected chi connectivity index (χ1v) is 32.8. The van der Waals surface area contributed by atoms with Crippen molar-refractivity contribution in [2.45, 2.75) is 12.8 Å². The fourth-order valence-corrected chi connectivity index (χ4v) is 16.2. The molecule has 95 heavy (non-hydrogen) atoms. The standard InChI is InChI=1S/C88H54N6O/c1-3-19-58(20-4-1)91-77-31-15-11-27-64(77)70-45-53(35-40-81(70)91)55-37-42-83-72(47-55)66-29-13-17-33-79(66)93(83)87-52-76(57-39-44-85-74(49-57)75-50-68-62-25-9-7-23-60(62)61-24-8-10-26-63(61)69(68)51-86(75)95-85)89-88(90-87)94-80-34-18-14-30-67(80)73-48-56(38-43-84(73)94)54-36-41-82-71(46-54)65-28-12-16-32-78(65)92(82)59-21-5-2-6-22-59/h1-7,9-23,25-52H,8,24H2. The second-order valence-corrected chi connectivity index (χ2v) is 25.5. The fraction of sp³-hybridized carbons (Fsp3) is 0.0227. The summed E-state index contributed by atoms with van der Waals surface area (Å²) in [6.45, 7) is 0. The van der Waals surface area contributed by atoms with Crippen molar-refractivity contribution in [1.82, 2.24) is 28.2 Å². The third-order valence-corrected chi connectivity index (χ3v) is 20.4. The van der Waals surface area contributed by atoms with Gasteiger partial charge in [-0.1, -0.05) is 170 Å². The Labute approximate surface area is 544 Å². The molecule has 7 heteroatoms. The molecule has 0 spiro atoms. The minimum Gasteiger partial charge on any atom is -0.456 e. The van der Waals surface area contributed by atoms with E-state index in [-0.39, 0.29) is 0 Å². The van der Waals surface area contributed by atoms with Crippen LogP contribution < -0.4 is 0 Å². The van der Waals surface area contributed by atoms with Crippen LogP contribution in [0.1, 0.15) is 17.5 Å². The van der Waals surface area contributed by atoms with Crippen LogP contribution in [0.3, 0.4) is 0 Å². The molecule has 0 atom stereocenters. The van der Waals surface area contributed by atoms with Crippen LogP contribution in [-0.4, -0.2) is 28.2 Å². The summed E-state index contributed by atoms with van der Waals surface area (Å²) in [5, 5.41) is 16.6. The summed E-state index contributed by atoms with van der Waals surface area (Å²) in [5.74, 6) is 1.33. The first kappa shape index (κ1) is 52.1. The lowest BCUT2D eigenvalue weighted by Crippen LogP contribution is -2.07. The molecule has 14 aromatic carbocycles. The van der Waals surface area contributed by atoms with Gasteiger partial charge in [0, 0.05) is 76.9 Å². The van der Waals surface area contributed by atoms with E-state index in [4.69, 9.17) is 14.4 Å². The van der Waals surface area contributed by atoms with Crippen LogP contribution in [0.4, 0.5) is 0 Å². The lowest BCUT2D eigenvalue weighted by atomic mass is 9.86. The molecular formula is C88H54N6O. The van der Waals surface area contributed by atoms with Crippen molar-refractivity contribution >= 4 is 137 Å². The molecule has 7 nitrogen and oxygen atoms in total. The molecule has 6 heterocycles. The number of aryl methyl sites for hydroxylation is 1. The van der Waals surface area contributed by atoms with Crippen molar-refractivity contribution in [2.24, 2.45) is 0 Å². The summed E-state index contributed by atoms with van der Waals surface area (Å²) >= 11 is 0. The molecule has 21 rings (SSSR count). The first-order chi connectivity index (χ1) is 47.1. The van der Waals surface area contributed by atoms with Crippen LogP contribution >= 0.6 is 0 Å². The van der Waals surface area contributed by atoms with E-state index in [1.807, 2.05) is 0 Å². The summed E-state index contributed by atoms with van der Waals surface area (Å²) in [6, 6.07) is 106. The number of aromatic nitrogens is 6. The number of hydrogen-bond acceptors (Lipinski definition) is 3. The first-order valence-electron chi connectivity index (χ1n) is 32.8. The quantitative estimate of drug-likeness (QED) is 0.149. The predicted molar refractivity (Wildman–Crippen MR) is 395 cm³/mol. The highest BCUT2D eigenvalue weighted by Gasteiger charge is 2.24. The van der Waals surface area contributed by atoms with Crippen molar-refractivity contribution in [2.75, 3.05) is 0 Å². The van der Waals surface area contributed by atoms with Gasteiger partial charge in [-0.05, 0) is 195 Å². The zero-order valence-electron chi connectivity index (χ0n) is 51.4. The SMILES string of the molecule is C1=Cc2c(c3ccccc3c3cc4c(cc23)oc2ccc(-c3cc(-n5c6ccccc6c6cc(-c7ccc8c(c7)c7ccccc7n8-c7ccccc7)ccc65)nc(-n5c6ccccc6c6cc(-c7ccc8c(c7)c7ccccc7n8-c7ccccc7)ccc65)n3)cc24)CC1. The number of para-hydroxylation sites is 6. The van der Waals surface area contributed by atoms with Gasteiger partial charge < -0.3 is 13.6 Å². The van der Waals surface area contributed by atoms with Gasteiger partial charge in [0.25, 0.3) is 0 Å². The van der Waals surface area contributed by atoms with Crippen molar-refractivity contribution in [1.29, 1.82) is 0 Å². The Bertz CT molecular complexity index is 6420. The van der Waals surface area contributed by atoms with Gasteiger partial charge in [-0.25, -0.2) is 4.98 Å². The van der Waals surface area contributed by atoms with E-state index in [0.29, 0.717) is 5.95 Å². The molecule has 0 unspecified atom stereocenters. The number of allylic oxidation sites excluding steroid dienone is 1. The molecular weight excluding hydrogens is 1160 g/mol. The number of furan rings is 1. The zero-order chi connectivity index (χ0) is 62.0. The molecule has 0 radical (unpaired) electrons. The Morgan fingerprint density at radius 3 is 1.24 bits per heavy atom. The number of rotatable bonds is 7. The van der Waals surface area contributed by atoms with Gasteiger partial charge in [0.2, 0.25) is 5.95 Å². The minimum absolute atomic E-state index is 0.574. The molecule has 1 aliphatic rings. The molecule has 0 N–H and O–H groups in total. The number of hydrogen-bond donors (Lipinski definition) is 0. The molecule has 0 saturated heterocycles. The largest absolute Gasteiger partial charge is 0.456 e. The van der Waals surface area contributed by atoms with Crippen LogP contribution in [-0.2, 0) is 6.42 Å². The number of benzene rings is 14. The molecule has 6 aromatic heterocycles. The zero-order valence-corrected chi connectivity index (χ0v) is 51.4. The van der Waals surface area contributed by atoms with Gasteiger partial charge in [0.15, 0.2) is 0 Å². The van der Waals surface area contributed by atoms with Crippen LogP contribution in [0, 0.1) is 0 Å². The fourth-order valence-electron chi connectivity index (χ4n) is 16.2. The molecule has 0 fully saturated rings. The number of nitrogens with zero attached hydrogens (tertiary/aromatic N) is 6. The molecule has 20 aromatic rings. The molecule has 1 aliphatic carbocycles. The second-order valence-electron chi connectivity index (χ2n) is 25.5. The van der Waals surface area contributed by atoms with Gasteiger partial charge in [-0.2, -0.15) is 4.98 Å². The summed E-state index contributed by atoms with van der Waals surface area (Å²) in [6.07, 6.45) is 6.70. The van der Waals surface area contributed by atoms with Gasteiger partial charge in [0.1, 0.15) is 17.0 Å². The van der Waals surface area contributed by atoms with Gasteiger partial charge in [-0.15, -0.1) is 0 Å². The predicted octanol–water partition coefficient (Wildman–Crippen LogP) is 23.0. The maximum atomic E-state index is 6.85. The van der Waals surface area contributed by atoms with Crippen molar-refractivity contribution in [3.8, 4) is 56.7 Å². The van der Waals surface area contributed by atoms with E-state index < -0.39 is 0 Å². The molecule has 0 saturated carbocycles. The average Bonchev–Trinajstić information content (AvgIpc) is 1.73. The Morgan fingerprint density at radius 1 is 0.274 bits per heavy atom. The normalized spacial score (nSPS) is 12.7. The highest BCUT2D eigenvalue weighted by atomic mass is 16.3. The third kappa shape index (κ3) is 7.69. The van der Waals surface area contributed by atoms with Gasteiger partial charge >= 0.3 is 0 Å². The lowest BCUT2D eigenvalue weighted by Gasteiger charge is -2.17. The average molecular weight is 1210 g/mol. The monoisotopic (exact) mass is 1210 g/mol. The topological polar surface area (TPSA) is 58.6 Å². The molecule has 0 amide bonds. The lowest BCUT2D eigenvalue weighted by molar-refractivity contribution is 0.669. The van der Waals surface area contributed by atoms with E-state index in [1.165, 1.54) is 76.3 Å². The number of fused-ring (bicyclic) bond motifs is 21. The van der Waals surface area contributed by atoms with Crippen LogP contribution in [0.2, 0.25) is 0 Å². The van der Waals surface area contributed by atoms with Gasteiger partial charge in [-0.3, -0.25) is 9.13 Å². The summed E-state index contributed by atoms with van der Waals surface area (Å²) in [4.78, 5) is 11.5. The Morgan fingerprint density at radius 2 is 0.695 bits per heavy atom. The van der Waals surface area contributed by atoms with Crippen LogP contribution in [0.15, 0.2) is 302 Å².